The van der Waals surface area contributed by atoms with E-state index in [1.165, 1.54) is 25.7 Å². The molecule has 3 nitrogen and oxygen atoms in total. The number of rotatable bonds is 3. The summed E-state index contributed by atoms with van der Waals surface area (Å²) in [5, 5.41) is 0. The Morgan fingerprint density at radius 3 is 2.35 bits per heavy atom. The molecule has 1 saturated heterocycles. The molecule has 0 spiro atoms. The van der Waals surface area contributed by atoms with E-state index in [0.29, 0.717) is 0 Å². The average Bonchev–Trinajstić information content (AvgIpc) is 2.91. The fraction of sp³-hybridized carbons (Fsp3) is 0.923. The van der Waals surface area contributed by atoms with E-state index in [2.05, 4.69) is 20.8 Å². The first-order chi connectivity index (χ1) is 8.22. The third kappa shape index (κ3) is 3.22. The normalized spacial score (nSPS) is 25.2. The van der Waals surface area contributed by atoms with Gasteiger partial charge in [-0.05, 0) is 19.3 Å². The summed E-state index contributed by atoms with van der Waals surface area (Å²) in [5.41, 5.74) is 0. The molecule has 1 aliphatic carbocycles. The number of nitrogens with zero attached hydrogens (tertiary/aromatic N) is 2. The molecule has 0 radical (unpaired) electrons. The number of alkyl halides is 1. The smallest absolute Gasteiger partial charge is 0.236 e. The predicted octanol–water partition coefficient (Wildman–Crippen LogP) is 2.25. The van der Waals surface area contributed by atoms with Gasteiger partial charge in [0.15, 0.2) is 0 Å². The highest BCUT2D eigenvalue weighted by molar-refractivity contribution is 9.10. The summed E-state index contributed by atoms with van der Waals surface area (Å²) < 4.78 is 0. The van der Waals surface area contributed by atoms with E-state index >= 15 is 0 Å². The van der Waals surface area contributed by atoms with Crippen molar-refractivity contribution in [2.75, 3.05) is 26.2 Å². The Balaban J connectivity index is 1.79. The van der Waals surface area contributed by atoms with Crippen LogP contribution in [0.3, 0.4) is 0 Å². The Hall–Kier alpha value is -0.0900. The number of carbonyl (C=O) groups is 1. The first kappa shape index (κ1) is 13.3. The summed E-state index contributed by atoms with van der Waals surface area (Å²) in [5.74, 6) is 0.276. The van der Waals surface area contributed by atoms with Gasteiger partial charge in [-0.3, -0.25) is 9.69 Å². The molecule has 0 bridgehead atoms. The molecule has 2 fully saturated rings. The highest BCUT2D eigenvalue weighted by Crippen LogP contribution is 2.24. The van der Waals surface area contributed by atoms with Crippen molar-refractivity contribution >= 4 is 21.8 Å². The summed E-state index contributed by atoms with van der Waals surface area (Å²) >= 11 is 3.45. The molecule has 0 aromatic carbocycles. The van der Waals surface area contributed by atoms with Gasteiger partial charge >= 0.3 is 0 Å². The van der Waals surface area contributed by atoms with Crippen molar-refractivity contribution < 1.29 is 4.79 Å². The molecule has 98 valence electrons. The molecule has 0 aromatic rings. The highest BCUT2D eigenvalue weighted by Gasteiger charge is 2.29. The van der Waals surface area contributed by atoms with Crippen molar-refractivity contribution in [3.8, 4) is 0 Å². The van der Waals surface area contributed by atoms with E-state index < -0.39 is 0 Å². The molecule has 0 N–H and O–H groups in total. The molecule has 1 aliphatic heterocycles. The summed E-state index contributed by atoms with van der Waals surface area (Å²) in [6.45, 7) is 6.01. The number of halogens is 1. The zero-order chi connectivity index (χ0) is 12.3. The minimum atomic E-state index is 0.0144. The lowest BCUT2D eigenvalue weighted by molar-refractivity contribution is -0.132. The van der Waals surface area contributed by atoms with E-state index in [1.807, 2.05) is 11.8 Å². The lowest BCUT2D eigenvalue weighted by Gasteiger charge is -2.38. The molecule has 1 atom stereocenters. The highest BCUT2D eigenvalue weighted by atomic mass is 79.9. The van der Waals surface area contributed by atoms with Crippen LogP contribution in [0.4, 0.5) is 0 Å². The summed E-state index contributed by atoms with van der Waals surface area (Å²) in [7, 11) is 0. The van der Waals surface area contributed by atoms with E-state index in [4.69, 9.17) is 0 Å². The Kier molecular flexibility index (Phi) is 4.86. The molecule has 2 aliphatic rings. The van der Waals surface area contributed by atoms with Crippen molar-refractivity contribution in [2.45, 2.75) is 49.9 Å². The van der Waals surface area contributed by atoms with Gasteiger partial charge in [-0.15, -0.1) is 0 Å². The second kappa shape index (κ2) is 6.19. The van der Waals surface area contributed by atoms with Gasteiger partial charge < -0.3 is 4.90 Å². The quantitative estimate of drug-likeness (QED) is 0.747. The van der Waals surface area contributed by atoms with Crippen molar-refractivity contribution in [1.29, 1.82) is 0 Å². The van der Waals surface area contributed by atoms with Crippen LogP contribution < -0.4 is 0 Å². The zero-order valence-electron chi connectivity index (χ0n) is 10.7. The largest absolute Gasteiger partial charge is 0.339 e. The van der Waals surface area contributed by atoms with Gasteiger partial charge in [0.05, 0.1) is 4.83 Å². The number of amides is 1. The standard InChI is InChI=1S/C13H23BrN2O/c1-2-12(14)13(17)16-9-7-15(8-10-16)11-5-3-4-6-11/h11-12H,2-10H2,1H3. The number of piperazine rings is 1. The molecule has 1 amide bonds. The van der Waals surface area contributed by atoms with E-state index in [1.54, 1.807) is 0 Å². The molecule has 1 saturated carbocycles. The molecule has 1 heterocycles. The minimum absolute atomic E-state index is 0.0144. The maximum absolute atomic E-state index is 12.0. The molecule has 1 unspecified atom stereocenters. The van der Waals surface area contributed by atoms with E-state index in [-0.39, 0.29) is 10.7 Å². The Morgan fingerprint density at radius 2 is 1.82 bits per heavy atom. The second-order valence-electron chi connectivity index (χ2n) is 5.18. The number of hydrogen-bond donors (Lipinski definition) is 0. The van der Waals surface area contributed by atoms with E-state index in [0.717, 1.165) is 38.6 Å². The van der Waals surface area contributed by atoms with Crippen LogP contribution in [0.15, 0.2) is 0 Å². The number of hydrogen-bond acceptors (Lipinski definition) is 2. The Bertz CT molecular complexity index is 258. The van der Waals surface area contributed by atoms with Crippen LogP contribution in [0.2, 0.25) is 0 Å². The molecular formula is C13H23BrN2O. The van der Waals surface area contributed by atoms with Gasteiger partial charge in [0.1, 0.15) is 0 Å². The third-order valence-electron chi connectivity index (χ3n) is 4.09. The monoisotopic (exact) mass is 302 g/mol. The van der Waals surface area contributed by atoms with Crippen molar-refractivity contribution in [3.05, 3.63) is 0 Å². The van der Waals surface area contributed by atoms with Crippen LogP contribution >= 0.6 is 15.9 Å². The molecular weight excluding hydrogens is 280 g/mol. The van der Waals surface area contributed by atoms with Crippen LogP contribution in [0.5, 0.6) is 0 Å². The predicted molar refractivity (Wildman–Crippen MR) is 73.4 cm³/mol. The average molecular weight is 303 g/mol. The summed E-state index contributed by atoms with van der Waals surface area (Å²) in [4.78, 5) is 16.6. The van der Waals surface area contributed by atoms with Gasteiger partial charge in [0.2, 0.25) is 5.91 Å². The van der Waals surface area contributed by atoms with Crippen LogP contribution in [0, 0.1) is 0 Å². The van der Waals surface area contributed by atoms with Crippen LogP contribution in [0.1, 0.15) is 39.0 Å². The Labute approximate surface area is 113 Å². The maximum atomic E-state index is 12.0. The van der Waals surface area contributed by atoms with Crippen LogP contribution in [-0.4, -0.2) is 52.8 Å². The molecule has 17 heavy (non-hydrogen) atoms. The van der Waals surface area contributed by atoms with Crippen molar-refractivity contribution in [3.63, 3.8) is 0 Å². The molecule has 2 rings (SSSR count). The minimum Gasteiger partial charge on any atom is -0.339 e. The van der Waals surface area contributed by atoms with Crippen molar-refractivity contribution in [1.82, 2.24) is 9.80 Å². The lowest BCUT2D eigenvalue weighted by atomic mass is 10.1. The van der Waals surface area contributed by atoms with Gasteiger partial charge in [0, 0.05) is 32.2 Å². The SMILES string of the molecule is CCC(Br)C(=O)N1CCN(C2CCCC2)CC1. The maximum Gasteiger partial charge on any atom is 0.236 e. The first-order valence-corrected chi connectivity index (χ1v) is 7.81. The fourth-order valence-electron chi connectivity index (χ4n) is 2.95. The first-order valence-electron chi connectivity index (χ1n) is 6.89. The van der Waals surface area contributed by atoms with Crippen LogP contribution in [-0.2, 0) is 4.79 Å². The summed E-state index contributed by atoms with van der Waals surface area (Å²) in [6, 6.07) is 0.804. The van der Waals surface area contributed by atoms with Crippen LogP contribution in [0.25, 0.3) is 0 Å². The molecule has 0 aromatic heterocycles. The van der Waals surface area contributed by atoms with E-state index in [9.17, 15) is 4.79 Å². The van der Waals surface area contributed by atoms with Gasteiger partial charge in [0.25, 0.3) is 0 Å². The number of carbonyl (C=O) groups excluding carboxylic acids is 1. The fourth-order valence-corrected chi connectivity index (χ4v) is 3.24. The third-order valence-corrected chi connectivity index (χ3v) is 5.13. The topological polar surface area (TPSA) is 23.6 Å². The van der Waals surface area contributed by atoms with Crippen molar-refractivity contribution in [2.24, 2.45) is 0 Å². The zero-order valence-corrected chi connectivity index (χ0v) is 12.3. The van der Waals surface area contributed by atoms with Gasteiger partial charge in [-0.1, -0.05) is 35.7 Å². The van der Waals surface area contributed by atoms with Gasteiger partial charge in [-0.2, -0.15) is 0 Å². The lowest BCUT2D eigenvalue weighted by Crippen LogP contribution is -2.52. The summed E-state index contributed by atoms with van der Waals surface area (Å²) in [6.07, 6.45) is 6.39. The Morgan fingerprint density at radius 1 is 1.24 bits per heavy atom. The molecule has 4 heteroatoms. The van der Waals surface area contributed by atoms with Gasteiger partial charge in [-0.25, -0.2) is 0 Å². The second-order valence-corrected chi connectivity index (χ2v) is 6.28.